The highest BCUT2D eigenvalue weighted by Gasteiger charge is 2.40. The Balaban J connectivity index is 1.57. The monoisotopic (exact) mass is 798 g/mol. The largest absolute Gasteiger partial charge is 0.493 e. The standard InChI is InChI=1S/C43H55FO13/c1-6-9-10-11-12-29-13-15-30(16-14-29)31-17-19-33(35(44)21-31)34-20-18-32(22-36(34)57-38(45)28(4)5)53-24-43(25-54-37-23-52-37,26-55-41(48)39(46)50-7-2)27-56-42(49)40(47)51-8-3/h17-22,29-30,37H,4,6-16,23-27H2,1-3,5H3. The van der Waals surface area contributed by atoms with Crippen LogP contribution in [-0.2, 0) is 52.4 Å². The first-order valence-corrected chi connectivity index (χ1v) is 19.7. The molecule has 0 amide bonds. The summed E-state index contributed by atoms with van der Waals surface area (Å²) in [4.78, 5) is 61.8. The fourth-order valence-corrected chi connectivity index (χ4v) is 6.56. The van der Waals surface area contributed by atoms with Crippen molar-refractivity contribution in [2.24, 2.45) is 11.3 Å². The predicted molar refractivity (Wildman–Crippen MR) is 205 cm³/mol. The zero-order valence-electron chi connectivity index (χ0n) is 33.4. The van der Waals surface area contributed by atoms with Crippen molar-refractivity contribution in [1.29, 1.82) is 0 Å². The number of benzene rings is 2. The molecule has 14 heteroatoms. The molecule has 0 spiro atoms. The van der Waals surface area contributed by atoms with Crippen LogP contribution in [0.15, 0.2) is 48.6 Å². The molecule has 1 atom stereocenters. The summed E-state index contributed by atoms with van der Waals surface area (Å²) >= 11 is 0. The first-order chi connectivity index (χ1) is 27.4. The summed E-state index contributed by atoms with van der Waals surface area (Å²) in [6, 6.07) is 9.61. The summed E-state index contributed by atoms with van der Waals surface area (Å²) in [6.07, 6.45) is 9.96. The quantitative estimate of drug-likeness (QED) is 0.0238. The van der Waals surface area contributed by atoms with E-state index in [1.807, 2.05) is 6.07 Å². The molecular weight excluding hydrogens is 743 g/mol. The number of halogens is 1. The van der Waals surface area contributed by atoms with Crippen LogP contribution in [0.5, 0.6) is 11.5 Å². The van der Waals surface area contributed by atoms with Gasteiger partial charge in [-0.3, -0.25) is 0 Å². The maximum absolute atomic E-state index is 16.0. The van der Waals surface area contributed by atoms with Crippen molar-refractivity contribution in [1.82, 2.24) is 0 Å². The lowest BCUT2D eigenvalue weighted by Crippen LogP contribution is -2.45. The molecule has 1 aliphatic heterocycles. The average Bonchev–Trinajstić information content (AvgIpc) is 4.04. The maximum atomic E-state index is 16.0. The topological polar surface area (TPSA) is 162 Å². The Hall–Kier alpha value is -4.82. The zero-order valence-corrected chi connectivity index (χ0v) is 33.4. The summed E-state index contributed by atoms with van der Waals surface area (Å²) in [6.45, 7) is 8.61. The normalized spacial score (nSPS) is 17.5. The minimum atomic E-state index is -1.53. The summed E-state index contributed by atoms with van der Waals surface area (Å²) in [5.74, 6) is -5.28. The minimum absolute atomic E-state index is 0.0218. The van der Waals surface area contributed by atoms with Crippen LogP contribution in [-0.4, -0.2) is 82.4 Å². The van der Waals surface area contributed by atoms with E-state index in [0.717, 1.165) is 37.2 Å². The van der Waals surface area contributed by atoms with Crippen LogP contribution in [0, 0.1) is 17.2 Å². The molecule has 4 rings (SSSR count). The van der Waals surface area contributed by atoms with Gasteiger partial charge in [0.2, 0.25) is 0 Å². The van der Waals surface area contributed by atoms with Gasteiger partial charge >= 0.3 is 29.8 Å². The number of esters is 5. The molecule has 2 aromatic carbocycles. The molecule has 0 radical (unpaired) electrons. The third-order valence-electron chi connectivity index (χ3n) is 9.90. The summed E-state index contributed by atoms with van der Waals surface area (Å²) in [7, 11) is 0. The molecule has 2 aromatic rings. The second kappa shape index (κ2) is 22.2. The lowest BCUT2D eigenvalue weighted by Gasteiger charge is -2.31. The number of carbonyl (C=O) groups is 5. The van der Waals surface area contributed by atoms with Crippen LogP contribution in [0.3, 0.4) is 0 Å². The van der Waals surface area contributed by atoms with E-state index in [0.29, 0.717) is 0 Å². The first-order valence-electron chi connectivity index (χ1n) is 19.7. The number of unbranched alkanes of at least 4 members (excludes halogenated alkanes) is 3. The van der Waals surface area contributed by atoms with Crippen molar-refractivity contribution in [3.8, 4) is 22.6 Å². The van der Waals surface area contributed by atoms with Crippen LogP contribution >= 0.6 is 0 Å². The second-order valence-electron chi connectivity index (χ2n) is 14.6. The third kappa shape index (κ3) is 14.0. The van der Waals surface area contributed by atoms with Gasteiger partial charge in [0.25, 0.3) is 0 Å². The van der Waals surface area contributed by atoms with Gasteiger partial charge in [-0.2, -0.15) is 0 Å². The summed E-state index contributed by atoms with van der Waals surface area (Å²) < 4.78 is 58.6. The Kier molecular flexibility index (Phi) is 17.5. The van der Waals surface area contributed by atoms with E-state index < -0.39 is 67.2 Å². The van der Waals surface area contributed by atoms with Crippen molar-refractivity contribution < 1.29 is 66.3 Å². The molecule has 1 saturated carbocycles. The molecule has 1 heterocycles. The van der Waals surface area contributed by atoms with Crippen molar-refractivity contribution >= 4 is 29.8 Å². The van der Waals surface area contributed by atoms with Gasteiger partial charge in [-0.05, 0) is 82.1 Å². The van der Waals surface area contributed by atoms with Crippen LogP contribution < -0.4 is 9.47 Å². The van der Waals surface area contributed by atoms with E-state index in [9.17, 15) is 24.0 Å². The average molecular weight is 799 g/mol. The fraction of sp³-hybridized carbons (Fsp3) is 0.558. The van der Waals surface area contributed by atoms with Crippen molar-refractivity contribution in [2.45, 2.75) is 97.7 Å². The molecule has 1 unspecified atom stereocenters. The number of hydrogen-bond donors (Lipinski definition) is 0. The molecule has 13 nitrogen and oxygen atoms in total. The number of carbonyl (C=O) groups excluding carboxylic acids is 5. The number of rotatable bonds is 21. The van der Waals surface area contributed by atoms with E-state index in [1.54, 1.807) is 12.1 Å². The first kappa shape index (κ1) is 44.9. The van der Waals surface area contributed by atoms with Crippen LogP contribution in [0.1, 0.15) is 97.0 Å². The van der Waals surface area contributed by atoms with Gasteiger partial charge in [-0.15, -0.1) is 0 Å². The van der Waals surface area contributed by atoms with E-state index >= 15 is 4.39 Å². The Morgan fingerprint density at radius 2 is 1.37 bits per heavy atom. The van der Waals surface area contributed by atoms with Crippen LogP contribution in [0.2, 0.25) is 0 Å². The molecule has 0 aromatic heterocycles. The molecule has 2 fully saturated rings. The lowest BCUT2D eigenvalue weighted by atomic mass is 9.77. The second-order valence-corrected chi connectivity index (χ2v) is 14.6. The molecular formula is C43H55FO13. The van der Waals surface area contributed by atoms with Gasteiger partial charge in [0, 0.05) is 22.8 Å². The predicted octanol–water partition coefficient (Wildman–Crippen LogP) is 7.17. The van der Waals surface area contributed by atoms with Crippen molar-refractivity contribution in [3.05, 3.63) is 59.9 Å². The Morgan fingerprint density at radius 1 is 0.754 bits per heavy atom. The molecule has 1 saturated heterocycles. The minimum Gasteiger partial charge on any atom is -0.493 e. The van der Waals surface area contributed by atoms with Gasteiger partial charge in [0.1, 0.15) is 43.7 Å². The molecule has 0 N–H and O–H groups in total. The van der Waals surface area contributed by atoms with Gasteiger partial charge in [0.05, 0.1) is 25.2 Å². The summed E-state index contributed by atoms with van der Waals surface area (Å²) in [5, 5.41) is 0. The van der Waals surface area contributed by atoms with Gasteiger partial charge in [0.15, 0.2) is 6.29 Å². The van der Waals surface area contributed by atoms with Crippen molar-refractivity contribution in [3.63, 3.8) is 0 Å². The van der Waals surface area contributed by atoms with E-state index in [4.69, 9.17) is 37.9 Å². The Labute approximate surface area is 333 Å². The highest BCUT2D eigenvalue weighted by molar-refractivity contribution is 6.30. The van der Waals surface area contributed by atoms with Crippen LogP contribution in [0.4, 0.5) is 4.39 Å². The van der Waals surface area contributed by atoms with E-state index in [2.05, 4.69) is 13.5 Å². The lowest BCUT2D eigenvalue weighted by molar-refractivity contribution is -0.178. The molecule has 57 heavy (non-hydrogen) atoms. The van der Waals surface area contributed by atoms with Gasteiger partial charge in [-0.1, -0.05) is 57.7 Å². The highest BCUT2D eigenvalue weighted by atomic mass is 19.1. The molecule has 1 aliphatic carbocycles. The Morgan fingerprint density at radius 3 is 1.93 bits per heavy atom. The Bertz CT molecular complexity index is 1680. The third-order valence-corrected chi connectivity index (χ3v) is 9.90. The van der Waals surface area contributed by atoms with Crippen LogP contribution in [0.25, 0.3) is 11.1 Å². The van der Waals surface area contributed by atoms with Crippen molar-refractivity contribution in [2.75, 3.05) is 46.2 Å². The number of epoxide rings is 1. The smallest absolute Gasteiger partial charge is 0.417 e. The molecule has 312 valence electrons. The number of hydrogen-bond acceptors (Lipinski definition) is 13. The number of ether oxygens (including phenoxy) is 8. The van der Waals surface area contributed by atoms with E-state index in [1.165, 1.54) is 71.1 Å². The SMILES string of the molecule is C=C(C)C(=O)Oc1cc(OCC(COC(=O)C(=O)OCC)(COC(=O)C(=O)OCC)COC2CO2)ccc1-c1ccc(C2CCC(CCCCCC)CC2)cc1F. The zero-order chi connectivity index (χ0) is 41.4. The molecule has 2 aliphatic rings. The maximum Gasteiger partial charge on any atom is 0.417 e. The molecule has 0 bridgehead atoms. The fourth-order valence-electron chi connectivity index (χ4n) is 6.56. The summed E-state index contributed by atoms with van der Waals surface area (Å²) in [5.41, 5.74) is 0.00451. The van der Waals surface area contributed by atoms with Gasteiger partial charge < -0.3 is 37.9 Å². The van der Waals surface area contributed by atoms with E-state index in [-0.39, 0.29) is 60.5 Å². The highest BCUT2D eigenvalue weighted by Crippen LogP contribution is 2.41. The van der Waals surface area contributed by atoms with Gasteiger partial charge in [-0.25, -0.2) is 28.4 Å².